The predicted octanol–water partition coefficient (Wildman–Crippen LogP) is 3.12. The van der Waals surface area contributed by atoms with Gasteiger partial charge in [0, 0.05) is 11.4 Å². The third-order valence-corrected chi connectivity index (χ3v) is 3.78. The van der Waals surface area contributed by atoms with Crippen LogP contribution in [0.2, 0.25) is 0 Å². The van der Waals surface area contributed by atoms with E-state index in [9.17, 15) is 4.79 Å². The average molecular weight is 256 g/mol. The number of carbonyl (C=O) groups excluding carboxylic acids is 1. The minimum atomic E-state index is -0.365. The van der Waals surface area contributed by atoms with Crippen LogP contribution in [0.1, 0.15) is 45.8 Å². The quantitative estimate of drug-likeness (QED) is 0.901. The van der Waals surface area contributed by atoms with Crippen LogP contribution in [0.4, 0.5) is 0 Å². The van der Waals surface area contributed by atoms with Gasteiger partial charge in [-0.05, 0) is 44.9 Å². The van der Waals surface area contributed by atoms with Crippen LogP contribution in [0.3, 0.4) is 0 Å². The Balaban J connectivity index is 2.54. The highest BCUT2D eigenvalue weighted by molar-refractivity contribution is 5.94. The van der Waals surface area contributed by atoms with Gasteiger partial charge >= 0.3 is 0 Å². The highest BCUT2D eigenvalue weighted by Crippen LogP contribution is 2.27. The molecule has 0 aliphatic carbocycles. The number of nitrogens with two attached hydrogens (primary N) is 1. The lowest BCUT2D eigenvalue weighted by Crippen LogP contribution is -2.15. The molecule has 1 amide bonds. The van der Waals surface area contributed by atoms with Gasteiger partial charge in [-0.1, -0.05) is 24.3 Å². The van der Waals surface area contributed by atoms with Crippen molar-refractivity contribution in [3.05, 3.63) is 58.4 Å². The van der Waals surface area contributed by atoms with Crippen molar-refractivity contribution in [2.75, 3.05) is 0 Å². The van der Waals surface area contributed by atoms with Crippen LogP contribution in [0.5, 0.6) is 0 Å². The maximum atomic E-state index is 11.4. The molecule has 1 unspecified atom stereocenters. The van der Waals surface area contributed by atoms with Crippen LogP contribution in [0.25, 0.3) is 0 Å². The Morgan fingerprint density at radius 3 is 2.37 bits per heavy atom. The molecule has 0 bridgehead atoms. The third kappa shape index (κ3) is 2.28. The van der Waals surface area contributed by atoms with Crippen molar-refractivity contribution in [3.8, 4) is 0 Å². The van der Waals surface area contributed by atoms with Gasteiger partial charge in [0.15, 0.2) is 0 Å². The van der Waals surface area contributed by atoms with Gasteiger partial charge in [0.05, 0.1) is 11.6 Å². The molecule has 0 saturated carbocycles. The van der Waals surface area contributed by atoms with Crippen LogP contribution in [0, 0.1) is 20.8 Å². The van der Waals surface area contributed by atoms with Gasteiger partial charge < -0.3 is 10.3 Å². The number of nitrogens with zero attached hydrogens (tertiary/aromatic N) is 1. The molecule has 0 aliphatic rings. The first kappa shape index (κ1) is 13.4. The van der Waals surface area contributed by atoms with Crippen LogP contribution in [0.15, 0.2) is 30.3 Å². The zero-order chi connectivity index (χ0) is 14.2. The number of amides is 1. The van der Waals surface area contributed by atoms with Crippen molar-refractivity contribution in [3.63, 3.8) is 0 Å². The number of hydrogen-bond acceptors (Lipinski definition) is 1. The Bertz CT molecular complexity index is 626. The predicted molar refractivity (Wildman–Crippen MR) is 77.4 cm³/mol. The number of benzene rings is 1. The Hall–Kier alpha value is -2.03. The van der Waals surface area contributed by atoms with Gasteiger partial charge in [-0.15, -0.1) is 0 Å². The Kier molecular flexibility index (Phi) is 3.47. The third-order valence-electron chi connectivity index (χ3n) is 3.78. The van der Waals surface area contributed by atoms with E-state index in [2.05, 4.69) is 30.5 Å². The van der Waals surface area contributed by atoms with E-state index in [1.165, 1.54) is 11.1 Å². The molecule has 100 valence electrons. The number of rotatable bonds is 3. The molecule has 3 heteroatoms. The van der Waals surface area contributed by atoms with Gasteiger partial charge in [0.1, 0.15) is 0 Å². The van der Waals surface area contributed by atoms with Gasteiger partial charge in [0.25, 0.3) is 5.91 Å². The number of hydrogen-bond donors (Lipinski definition) is 1. The van der Waals surface area contributed by atoms with Crippen molar-refractivity contribution < 1.29 is 4.79 Å². The number of carbonyl (C=O) groups is 1. The van der Waals surface area contributed by atoms with Crippen LogP contribution < -0.4 is 5.73 Å². The Morgan fingerprint density at radius 2 is 1.84 bits per heavy atom. The van der Waals surface area contributed by atoms with Crippen LogP contribution >= 0.6 is 0 Å². The van der Waals surface area contributed by atoms with Gasteiger partial charge in [-0.3, -0.25) is 4.79 Å². The fourth-order valence-corrected chi connectivity index (χ4v) is 2.82. The summed E-state index contributed by atoms with van der Waals surface area (Å²) in [6.45, 7) is 8.21. The van der Waals surface area contributed by atoms with Gasteiger partial charge in [-0.2, -0.15) is 0 Å². The topological polar surface area (TPSA) is 48.0 Å². The van der Waals surface area contributed by atoms with Crippen molar-refractivity contribution in [2.45, 2.75) is 33.7 Å². The molecule has 2 aromatic rings. The van der Waals surface area contributed by atoms with E-state index in [1.54, 1.807) is 0 Å². The molecule has 0 saturated heterocycles. The summed E-state index contributed by atoms with van der Waals surface area (Å²) in [5.74, 6) is -0.365. The second-order valence-electron chi connectivity index (χ2n) is 5.05. The molecule has 0 aliphatic heterocycles. The van der Waals surface area contributed by atoms with E-state index >= 15 is 0 Å². The molecule has 1 aromatic carbocycles. The lowest BCUT2D eigenvalue weighted by atomic mass is 10.0. The first-order chi connectivity index (χ1) is 8.93. The molecule has 2 N–H and O–H groups in total. The van der Waals surface area contributed by atoms with E-state index in [0.717, 1.165) is 11.4 Å². The molecular weight excluding hydrogens is 236 g/mol. The van der Waals surface area contributed by atoms with Crippen molar-refractivity contribution in [1.29, 1.82) is 0 Å². The zero-order valence-electron chi connectivity index (χ0n) is 11.9. The lowest BCUT2D eigenvalue weighted by molar-refractivity contribution is 0.0999. The highest BCUT2D eigenvalue weighted by Gasteiger charge is 2.18. The monoisotopic (exact) mass is 256 g/mol. The fraction of sp³-hybridized carbons (Fsp3) is 0.312. The summed E-state index contributed by atoms with van der Waals surface area (Å²) in [4.78, 5) is 11.4. The van der Waals surface area contributed by atoms with E-state index in [-0.39, 0.29) is 11.9 Å². The first-order valence-corrected chi connectivity index (χ1v) is 6.47. The van der Waals surface area contributed by atoms with Crippen LogP contribution in [-0.2, 0) is 0 Å². The zero-order valence-corrected chi connectivity index (χ0v) is 11.9. The number of aromatic nitrogens is 1. The summed E-state index contributed by atoms with van der Waals surface area (Å²) >= 11 is 0. The Morgan fingerprint density at radius 1 is 1.21 bits per heavy atom. The minimum Gasteiger partial charge on any atom is -0.366 e. The largest absolute Gasteiger partial charge is 0.366 e. The maximum Gasteiger partial charge on any atom is 0.250 e. The molecule has 0 radical (unpaired) electrons. The van der Waals surface area contributed by atoms with E-state index < -0.39 is 0 Å². The second-order valence-corrected chi connectivity index (χ2v) is 5.05. The number of primary amides is 1. The summed E-state index contributed by atoms with van der Waals surface area (Å²) in [5.41, 5.74) is 10.5. The molecule has 0 fully saturated rings. The SMILES string of the molecule is Cc1ccccc1C(C)n1c(C)cc(C(N)=O)c1C. The van der Waals surface area contributed by atoms with Crippen molar-refractivity contribution in [2.24, 2.45) is 5.73 Å². The van der Waals surface area contributed by atoms with Crippen LogP contribution in [-0.4, -0.2) is 10.5 Å². The molecule has 3 nitrogen and oxygen atoms in total. The summed E-state index contributed by atoms with van der Waals surface area (Å²) < 4.78 is 2.17. The molecule has 1 atom stereocenters. The lowest BCUT2D eigenvalue weighted by Gasteiger charge is -2.21. The molecule has 2 rings (SSSR count). The normalized spacial score (nSPS) is 12.4. The van der Waals surface area contributed by atoms with Crippen molar-refractivity contribution in [1.82, 2.24) is 4.57 Å². The second kappa shape index (κ2) is 4.92. The molecule has 1 heterocycles. The molecular formula is C16H20N2O. The standard InChI is InChI=1S/C16H20N2O/c1-10-7-5-6-8-14(10)12(3)18-11(2)9-15(13(18)4)16(17)19/h5-9,12H,1-4H3,(H2,17,19). The Labute approximate surface area is 114 Å². The van der Waals surface area contributed by atoms with Gasteiger partial charge in [0.2, 0.25) is 0 Å². The maximum absolute atomic E-state index is 11.4. The first-order valence-electron chi connectivity index (χ1n) is 6.47. The fourth-order valence-electron chi connectivity index (χ4n) is 2.82. The highest BCUT2D eigenvalue weighted by atomic mass is 16.1. The van der Waals surface area contributed by atoms with E-state index in [1.807, 2.05) is 32.0 Å². The van der Waals surface area contributed by atoms with Gasteiger partial charge in [-0.25, -0.2) is 0 Å². The summed E-state index contributed by atoms with van der Waals surface area (Å²) in [5, 5.41) is 0. The summed E-state index contributed by atoms with van der Waals surface area (Å²) in [6.07, 6.45) is 0. The molecule has 1 aromatic heterocycles. The molecule has 19 heavy (non-hydrogen) atoms. The average Bonchev–Trinajstić information content (AvgIpc) is 2.65. The summed E-state index contributed by atoms with van der Waals surface area (Å²) in [7, 11) is 0. The van der Waals surface area contributed by atoms with Crippen molar-refractivity contribution >= 4 is 5.91 Å². The minimum absolute atomic E-state index is 0.189. The summed E-state index contributed by atoms with van der Waals surface area (Å²) in [6, 6.07) is 10.4. The number of aryl methyl sites for hydroxylation is 2. The van der Waals surface area contributed by atoms with E-state index in [0.29, 0.717) is 5.56 Å². The smallest absolute Gasteiger partial charge is 0.250 e. The van der Waals surface area contributed by atoms with E-state index in [4.69, 9.17) is 5.73 Å². The molecule has 0 spiro atoms.